The molecule has 0 spiro atoms. The van der Waals surface area contributed by atoms with Gasteiger partial charge in [0.15, 0.2) is 0 Å². The van der Waals surface area contributed by atoms with Crippen LogP contribution in [0.15, 0.2) is 43.1 Å². The molecule has 3 aromatic rings. The molecule has 0 aliphatic carbocycles. The number of nitrogens with zero attached hydrogens (tertiary/aromatic N) is 5. The van der Waals surface area contributed by atoms with Gasteiger partial charge in [0.25, 0.3) is 0 Å². The Morgan fingerprint density at radius 2 is 1.84 bits per heavy atom. The Balaban J connectivity index is 2.07. The maximum absolute atomic E-state index is 3.84. The van der Waals surface area contributed by atoms with Gasteiger partial charge in [0.1, 0.15) is 12.7 Å². The zero-order valence-corrected chi connectivity index (χ0v) is 11.4. The molecule has 2 aromatic heterocycles. The lowest BCUT2D eigenvalue weighted by Crippen LogP contribution is -2.22. The number of rotatable bonds is 3. The van der Waals surface area contributed by atoms with Gasteiger partial charge >= 0.3 is 0 Å². The minimum Gasteiger partial charge on any atom is -0.332 e. The van der Waals surface area contributed by atoms with E-state index in [0.717, 1.165) is 5.69 Å². The molecule has 0 N–H and O–H groups in total. The summed E-state index contributed by atoms with van der Waals surface area (Å²) in [6.07, 6.45) is 5.88. The highest BCUT2D eigenvalue weighted by atomic mass is 15.3. The molecule has 0 bridgehead atoms. The van der Waals surface area contributed by atoms with Crippen LogP contribution in [0.1, 0.15) is 13.1 Å². The van der Waals surface area contributed by atoms with E-state index < -0.39 is 0 Å². The molecule has 19 heavy (non-hydrogen) atoms. The first-order valence-electron chi connectivity index (χ1n) is 6.29. The van der Waals surface area contributed by atoms with Crippen molar-refractivity contribution in [1.29, 1.82) is 0 Å². The van der Waals surface area contributed by atoms with Crippen LogP contribution >= 0.6 is 0 Å². The van der Waals surface area contributed by atoms with Crippen LogP contribution in [0.2, 0.25) is 0 Å². The number of fused-ring (bicyclic) bond motifs is 1. The van der Waals surface area contributed by atoms with E-state index in [1.165, 1.54) is 10.9 Å². The van der Waals surface area contributed by atoms with Crippen molar-refractivity contribution in [3.8, 4) is 5.69 Å². The average molecular weight is 255 g/mol. The Bertz CT molecular complexity index is 681. The van der Waals surface area contributed by atoms with E-state index in [-0.39, 0.29) is 0 Å². The highest BCUT2D eigenvalue weighted by Crippen LogP contribution is 2.23. The maximum atomic E-state index is 3.84. The highest BCUT2D eigenvalue weighted by molar-refractivity contribution is 5.82. The van der Waals surface area contributed by atoms with Crippen LogP contribution in [0.5, 0.6) is 0 Å². The van der Waals surface area contributed by atoms with E-state index in [0.29, 0.717) is 6.17 Å². The van der Waals surface area contributed by atoms with Gasteiger partial charge in [0.05, 0.1) is 6.17 Å². The van der Waals surface area contributed by atoms with Gasteiger partial charge in [-0.15, -0.1) is 10.2 Å². The molecular formula is C14H17N5. The third-order valence-electron chi connectivity index (χ3n) is 3.57. The van der Waals surface area contributed by atoms with Gasteiger partial charge in [-0.2, -0.15) is 0 Å². The number of hydrogen-bond acceptors (Lipinski definition) is 3. The van der Waals surface area contributed by atoms with Crippen LogP contribution in [-0.2, 0) is 0 Å². The first-order valence-corrected chi connectivity index (χ1v) is 6.29. The average Bonchev–Trinajstić information content (AvgIpc) is 3.06. The highest BCUT2D eigenvalue weighted by Gasteiger charge is 2.10. The van der Waals surface area contributed by atoms with Gasteiger partial charge in [-0.3, -0.25) is 9.47 Å². The molecule has 0 saturated heterocycles. The van der Waals surface area contributed by atoms with Crippen molar-refractivity contribution in [1.82, 2.24) is 24.2 Å². The third kappa shape index (κ3) is 2.02. The molecule has 0 saturated carbocycles. The summed E-state index contributed by atoms with van der Waals surface area (Å²) in [6.45, 7) is 2.19. The van der Waals surface area contributed by atoms with E-state index in [9.17, 15) is 0 Å². The summed E-state index contributed by atoms with van der Waals surface area (Å²) < 4.78 is 4.18. The monoisotopic (exact) mass is 255 g/mol. The first kappa shape index (κ1) is 11.9. The Morgan fingerprint density at radius 3 is 2.53 bits per heavy atom. The quantitative estimate of drug-likeness (QED) is 0.721. The van der Waals surface area contributed by atoms with Crippen molar-refractivity contribution in [2.24, 2.45) is 0 Å². The molecule has 1 aromatic carbocycles. The van der Waals surface area contributed by atoms with Gasteiger partial charge in [0.2, 0.25) is 0 Å². The van der Waals surface area contributed by atoms with Crippen LogP contribution in [0, 0.1) is 0 Å². The lowest BCUT2D eigenvalue weighted by atomic mass is 10.2. The molecule has 3 rings (SSSR count). The zero-order chi connectivity index (χ0) is 13.4. The topological polar surface area (TPSA) is 38.9 Å². The molecule has 1 unspecified atom stereocenters. The van der Waals surface area contributed by atoms with E-state index in [4.69, 9.17) is 0 Å². The van der Waals surface area contributed by atoms with E-state index in [2.05, 4.69) is 71.1 Å². The van der Waals surface area contributed by atoms with E-state index in [1.54, 1.807) is 12.7 Å². The summed E-state index contributed by atoms with van der Waals surface area (Å²) in [7, 11) is 4.17. The van der Waals surface area contributed by atoms with Crippen molar-refractivity contribution in [3.05, 3.63) is 43.1 Å². The first-order chi connectivity index (χ1) is 9.16. The molecule has 0 radical (unpaired) electrons. The van der Waals surface area contributed by atoms with Gasteiger partial charge in [-0.1, -0.05) is 0 Å². The molecule has 0 aliphatic rings. The number of benzene rings is 1. The molecular weight excluding hydrogens is 238 g/mol. The normalized spacial score (nSPS) is 13.3. The fourth-order valence-corrected chi connectivity index (χ4v) is 2.22. The molecule has 0 aliphatic heterocycles. The Labute approximate surface area is 112 Å². The smallest absolute Gasteiger partial charge is 0.123 e. The number of aromatic nitrogens is 4. The van der Waals surface area contributed by atoms with Crippen LogP contribution in [0.4, 0.5) is 0 Å². The van der Waals surface area contributed by atoms with E-state index >= 15 is 0 Å². The number of hydrogen-bond donors (Lipinski definition) is 0. The zero-order valence-electron chi connectivity index (χ0n) is 11.4. The van der Waals surface area contributed by atoms with Crippen LogP contribution in [-0.4, -0.2) is 38.3 Å². The second kappa shape index (κ2) is 4.51. The molecule has 5 nitrogen and oxygen atoms in total. The molecule has 5 heteroatoms. The summed E-state index contributed by atoms with van der Waals surface area (Å²) in [6, 6.07) is 8.52. The summed E-state index contributed by atoms with van der Waals surface area (Å²) in [5.74, 6) is 0. The molecule has 0 amide bonds. The molecule has 0 fully saturated rings. The molecule has 2 heterocycles. The molecule has 98 valence electrons. The van der Waals surface area contributed by atoms with Crippen molar-refractivity contribution >= 4 is 10.9 Å². The Morgan fingerprint density at radius 1 is 1.11 bits per heavy atom. The second-order valence-electron chi connectivity index (χ2n) is 4.93. The summed E-state index contributed by atoms with van der Waals surface area (Å²) in [4.78, 5) is 2.19. The fraction of sp³-hybridized carbons (Fsp3) is 0.286. The van der Waals surface area contributed by atoms with Crippen LogP contribution < -0.4 is 0 Å². The Hall–Kier alpha value is -2.14. The predicted molar refractivity (Wildman–Crippen MR) is 75.3 cm³/mol. The minimum atomic E-state index is 0.332. The predicted octanol–water partition coefficient (Wildman–Crippen LogP) is 2.30. The Kier molecular flexibility index (Phi) is 2.83. The second-order valence-corrected chi connectivity index (χ2v) is 4.93. The standard InChI is InChI=1S/C14H17N5/c1-11(17(2)3)19-7-6-12-8-13(4-5-14(12)19)18-9-15-16-10-18/h4-11H,1-3H3. The lowest BCUT2D eigenvalue weighted by molar-refractivity contribution is 0.244. The van der Waals surface area contributed by atoms with Crippen molar-refractivity contribution < 1.29 is 0 Å². The summed E-state index contributed by atoms with van der Waals surface area (Å²) in [5.41, 5.74) is 2.31. The van der Waals surface area contributed by atoms with Gasteiger partial charge in [0, 0.05) is 22.8 Å². The summed E-state index contributed by atoms with van der Waals surface area (Å²) >= 11 is 0. The van der Waals surface area contributed by atoms with Crippen molar-refractivity contribution in [2.75, 3.05) is 14.1 Å². The van der Waals surface area contributed by atoms with Crippen LogP contribution in [0.3, 0.4) is 0 Å². The van der Waals surface area contributed by atoms with Crippen molar-refractivity contribution in [2.45, 2.75) is 13.1 Å². The fourth-order valence-electron chi connectivity index (χ4n) is 2.22. The largest absolute Gasteiger partial charge is 0.332 e. The lowest BCUT2D eigenvalue weighted by Gasteiger charge is -2.22. The third-order valence-corrected chi connectivity index (χ3v) is 3.57. The van der Waals surface area contributed by atoms with Crippen LogP contribution in [0.25, 0.3) is 16.6 Å². The van der Waals surface area contributed by atoms with Gasteiger partial charge < -0.3 is 4.57 Å². The molecule has 1 atom stereocenters. The van der Waals surface area contributed by atoms with Gasteiger partial charge in [-0.25, -0.2) is 0 Å². The van der Waals surface area contributed by atoms with Gasteiger partial charge in [-0.05, 0) is 45.3 Å². The SMILES string of the molecule is CC(N(C)C)n1ccc2cc(-n3cnnc3)ccc21. The summed E-state index contributed by atoms with van der Waals surface area (Å²) in [5, 5.41) is 8.89. The van der Waals surface area contributed by atoms with E-state index in [1.807, 2.05) is 4.57 Å². The van der Waals surface area contributed by atoms with Crippen molar-refractivity contribution in [3.63, 3.8) is 0 Å². The minimum absolute atomic E-state index is 0.332. The maximum Gasteiger partial charge on any atom is 0.123 e.